The van der Waals surface area contributed by atoms with Gasteiger partial charge >= 0.3 is 0 Å². The maximum atomic E-state index is 13.2. The fourth-order valence-electron chi connectivity index (χ4n) is 5.51. The van der Waals surface area contributed by atoms with Gasteiger partial charge < -0.3 is 14.4 Å². The Morgan fingerprint density at radius 3 is 2.37 bits per heavy atom. The summed E-state index contributed by atoms with van der Waals surface area (Å²) in [6.45, 7) is 6.08. The minimum atomic E-state index is -3.36. The summed E-state index contributed by atoms with van der Waals surface area (Å²) in [5.74, 6) is 1.62. The van der Waals surface area contributed by atoms with Crippen LogP contribution in [0.2, 0.25) is 0 Å². The number of nitrogens with zero attached hydrogens (tertiary/aromatic N) is 2. The zero-order valence-electron chi connectivity index (χ0n) is 20.6. The number of fused-ring (bicyclic) bond motifs is 1. The minimum Gasteiger partial charge on any atom is -0.486 e. The average molecular weight is 499 g/mol. The van der Waals surface area contributed by atoms with E-state index in [9.17, 15) is 13.2 Å². The summed E-state index contributed by atoms with van der Waals surface area (Å²) in [7, 11) is -1.73. The molecule has 1 aliphatic carbocycles. The molecule has 0 bridgehead atoms. The fraction of sp³-hybridized carbons (Fsp3) is 0.519. The predicted octanol–water partition coefficient (Wildman–Crippen LogP) is 3.39. The van der Waals surface area contributed by atoms with Gasteiger partial charge in [0, 0.05) is 25.8 Å². The topological polar surface area (TPSA) is 76.1 Å². The zero-order valence-corrected chi connectivity index (χ0v) is 21.5. The first kappa shape index (κ1) is 24.3. The third-order valence-electron chi connectivity index (χ3n) is 7.81. The number of likely N-dealkylation sites (tertiary alicyclic amines) is 1. The molecule has 2 aliphatic heterocycles. The van der Waals surface area contributed by atoms with Gasteiger partial charge in [-0.15, -0.1) is 0 Å². The summed E-state index contributed by atoms with van der Waals surface area (Å²) in [5.41, 5.74) is 3.39. The van der Waals surface area contributed by atoms with Gasteiger partial charge in [0.25, 0.3) is 5.91 Å². The number of ether oxygens (including phenoxy) is 2. The summed E-state index contributed by atoms with van der Waals surface area (Å²) in [4.78, 5) is 15.0. The largest absolute Gasteiger partial charge is 0.486 e. The van der Waals surface area contributed by atoms with Gasteiger partial charge in [-0.25, -0.2) is 12.7 Å². The Kier molecular flexibility index (Phi) is 6.63. The van der Waals surface area contributed by atoms with Crippen LogP contribution in [0.4, 0.5) is 0 Å². The van der Waals surface area contributed by atoms with Crippen LogP contribution in [0, 0.1) is 25.7 Å². The Morgan fingerprint density at radius 2 is 1.69 bits per heavy atom. The number of carbonyl (C=O) groups is 1. The van der Waals surface area contributed by atoms with E-state index in [4.69, 9.17) is 9.47 Å². The van der Waals surface area contributed by atoms with E-state index < -0.39 is 10.0 Å². The number of methoxy groups -OCH3 is 1. The molecule has 4 atom stereocenters. The highest BCUT2D eigenvalue weighted by Gasteiger charge is 2.43. The molecule has 0 aromatic heterocycles. The van der Waals surface area contributed by atoms with E-state index in [1.54, 1.807) is 22.4 Å². The van der Waals surface area contributed by atoms with Gasteiger partial charge in [-0.3, -0.25) is 4.79 Å². The molecule has 5 rings (SSSR count). The van der Waals surface area contributed by atoms with Crippen LogP contribution in [0.15, 0.2) is 42.5 Å². The molecule has 1 saturated carbocycles. The van der Waals surface area contributed by atoms with Crippen molar-refractivity contribution >= 4 is 15.9 Å². The smallest absolute Gasteiger partial charge is 0.254 e. The van der Waals surface area contributed by atoms with Crippen molar-refractivity contribution in [3.8, 4) is 5.75 Å². The highest BCUT2D eigenvalue weighted by Crippen LogP contribution is 2.41. The highest BCUT2D eigenvalue weighted by molar-refractivity contribution is 7.88. The van der Waals surface area contributed by atoms with Crippen LogP contribution in [0.1, 0.15) is 39.9 Å². The maximum absolute atomic E-state index is 13.2. The van der Waals surface area contributed by atoms with Gasteiger partial charge in [0.15, 0.2) is 0 Å². The van der Waals surface area contributed by atoms with E-state index in [2.05, 4.69) is 0 Å². The summed E-state index contributed by atoms with van der Waals surface area (Å²) < 4.78 is 39.6. The number of rotatable bonds is 7. The Hall–Kier alpha value is -2.42. The molecule has 0 N–H and O–H groups in total. The molecular weight excluding hydrogens is 464 g/mol. The third-order valence-corrected chi connectivity index (χ3v) is 9.59. The van der Waals surface area contributed by atoms with Crippen LogP contribution in [0.3, 0.4) is 0 Å². The number of benzene rings is 2. The van der Waals surface area contributed by atoms with Gasteiger partial charge in [0.1, 0.15) is 18.0 Å². The van der Waals surface area contributed by atoms with E-state index in [1.807, 2.05) is 50.2 Å². The van der Waals surface area contributed by atoms with Gasteiger partial charge in [-0.1, -0.05) is 29.8 Å². The number of hydrogen-bond donors (Lipinski definition) is 0. The molecule has 35 heavy (non-hydrogen) atoms. The normalized spacial score (nSPS) is 26.4. The van der Waals surface area contributed by atoms with Crippen LogP contribution >= 0.6 is 0 Å². The van der Waals surface area contributed by atoms with Crippen molar-refractivity contribution in [1.29, 1.82) is 0 Å². The van der Waals surface area contributed by atoms with Crippen molar-refractivity contribution in [2.45, 2.75) is 44.6 Å². The van der Waals surface area contributed by atoms with Crippen molar-refractivity contribution in [2.24, 2.45) is 11.8 Å². The molecule has 7 nitrogen and oxygen atoms in total. The first-order valence-corrected chi connectivity index (χ1v) is 14.0. The third kappa shape index (κ3) is 4.97. The zero-order chi connectivity index (χ0) is 24.7. The molecule has 2 saturated heterocycles. The fourth-order valence-corrected chi connectivity index (χ4v) is 7.14. The molecule has 3 aliphatic rings. The average Bonchev–Trinajstić information content (AvgIpc) is 3.35. The van der Waals surface area contributed by atoms with Crippen LogP contribution in [-0.4, -0.2) is 69.0 Å². The van der Waals surface area contributed by atoms with Crippen molar-refractivity contribution < 1.29 is 22.7 Å². The maximum Gasteiger partial charge on any atom is 0.254 e. The summed E-state index contributed by atoms with van der Waals surface area (Å²) in [5, 5.41) is 0. The predicted molar refractivity (Wildman–Crippen MR) is 134 cm³/mol. The number of amides is 1. The van der Waals surface area contributed by atoms with Crippen molar-refractivity contribution in [2.75, 3.05) is 33.3 Å². The highest BCUT2D eigenvalue weighted by atomic mass is 32.2. The minimum absolute atomic E-state index is 0.0285. The van der Waals surface area contributed by atoms with Gasteiger partial charge in [-0.2, -0.15) is 0 Å². The molecule has 2 aromatic carbocycles. The number of sulfonamides is 1. The van der Waals surface area contributed by atoms with E-state index in [0.717, 1.165) is 24.0 Å². The van der Waals surface area contributed by atoms with E-state index in [1.165, 1.54) is 0 Å². The Bertz CT molecular complexity index is 1200. The van der Waals surface area contributed by atoms with Crippen LogP contribution < -0.4 is 4.74 Å². The molecule has 3 fully saturated rings. The molecule has 0 spiro atoms. The summed E-state index contributed by atoms with van der Waals surface area (Å²) in [6, 6.07) is 13.2. The van der Waals surface area contributed by atoms with Crippen LogP contribution in [0.25, 0.3) is 0 Å². The number of hydrogen-bond acceptors (Lipinski definition) is 5. The Labute approximate surface area is 208 Å². The van der Waals surface area contributed by atoms with E-state index in [-0.39, 0.29) is 23.9 Å². The van der Waals surface area contributed by atoms with E-state index in [0.29, 0.717) is 54.9 Å². The van der Waals surface area contributed by atoms with Gasteiger partial charge in [0.05, 0.1) is 18.8 Å². The molecule has 0 radical (unpaired) electrons. The van der Waals surface area contributed by atoms with Gasteiger partial charge in [0.2, 0.25) is 10.0 Å². The lowest BCUT2D eigenvalue weighted by Crippen LogP contribution is -2.32. The van der Waals surface area contributed by atoms with Crippen LogP contribution in [0.5, 0.6) is 5.75 Å². The first-order chi connectivity index (χ1) is 16.7. The second-order valence-electron chi connectivity index (χ2n) is 10.3. The number of carbonyl (C=O) groups excluding carboxylic acids is 1. The number of aryl methyl sites for hydroxylation is 2. The molecule has 8 heteroatoms. The van der Waals surface area contributed by atoms with Crippen LogP contribution in [-0.2, 0) is 20.5 Å². The standard InChI is InChI=1S/C27H34N2O5S/c1-18-7-8-19(2)24(11-18)27(30)28-15-25(33-3)26(16-28)34-23-6-4-5-20(12-23)17-35(31,32)29-13-21-9-10-22(21)14-29/h4-8,11-12,21-22,25-26H,9-10,13-17H2,1-3H3/t21?,22?,25-,26-/m1/s1. The van der Waals surface area contributed by atoms with E-state index >= 15 is 0 Å². The Balaban J connectivity index is 1.26. The molecular formula is C27H34N2O5S. The Morgan fingerprint density at radius 1 is 0.971 bits per heavy atom. The monoisotopic (exact) mass is 498 g/mol. The van der Waals surface area contributed by atoms with Gasteiger partial charge in [-0.05, 0) is 67.9 Å². The molecule has 1 amide bonds. The lowest BCUT2D eigenvalue weighted by Gasteiger charge is -2.27. The SMILES string of the molecule is CO[C@@H]1CN(C(=O)c2cc(C)ccc2C)C[C@H]1Oc1cccc(CS(=O)(=O)N2CC3CCC3C2)c1. The lowest BCUT2D eigenvalue weighted by atomic mass is 9.77. The second-order valence-corrected chi connectivity index (χ2v) is 12.2. The molecule has 2 unspecified atom stereocenters. The molecule has 2 aromatic rings. The van der Waals surface area contributed by atoms with Crippen molar-refractivity contribution in [3.05, 3.63) is 64.7 Å². The summed E-state index contributed by atoms with van der Waals surface area (Å²) in [6.07, 6.45) is 1.68. The van der Waals surface area contributed by atoms with Crippen molar-refractivity contribution in [3.63, 3.8) is 0 Å². The first-order valence-electron chi connectivity index (χ1n) is 12.4. The molecule has 188 valence electrons. The quantitative estimate of drug-likeness (QED) is 0.585. The lowest BCUT2D eigenvalue weighted by molar-refractivity contribution is 0.0339. The summed E-state index contributed by atoms with van der Waals surface area (Å²) >= 11 is 0. The second kappa shape index (κ2) is 9.56. The van der Waals surface area contributed by atoms with Crippen molar-refractivity contribution in [1.82, 2.24) is 9.21 Å². The molecule has 2 heterocycles.